The molecule has 0 unspecified atom stereocenters. The lowest BCUT2D eigenvalue weighted by atomic mass is 9.96. The third kappa shape index (κ3) is 3.01. The fourth-order valence-electron chi connectivity index (χ4n) is 2.60. The van der Waals surface area contributed by atoms with E-state index < -0.39 is 0 Å². The van der Waals surface area contributed by atoms with Gasteiger partial charge in [-0.25, -0.2) is 0 Å². The normalized spacial score (nSPS) is 10.7. The van der Waals surface area contributed by atoms with Crippen molar-refractivity contribution in [1.82, 2.24) is 0 Å². The lowest BCUT2D eigenvalue weighted by Gasteiger charge is -2.08. The molecule has 0 aliphatic heterocycles. The van der Waals surface area contributed by atoms with Gasteiger partial charge in [0.25, 0.3) is 0 Å². The predicted molar refractivity (Wildman–Crippen MR) is 91.4 cm³/mol. The molecule has 0 atom stereocenters. The van der Waals surface area contributed by atoms with Crippen LogP contribution in [0.2, 0.25) is 0 Å². The Labute approximate surface area is 130 Å². The van der Waals surface area contributed by atoms with Crippen LogP contribution in [-0.2, 0) is 6.42 Å². The van der Waals surface area contributed by atoms with Crippen molar-refractivity contribution in [3.63, 3.8) is 0 Å². The van der Waals surface area contributed by atoms with Crippen LogP contribution in [-0.4, -0.2) is 11.5 Å². The molecule has 0 spiro atoms. The van der Waals surface area contributed by atoms with Crippen LogP contribution in [0.5, 0.6) is 0 Å². The Kier molecular flexibility index (Phi) is 4.07. The summed E-state index contributed by atoms with van der Waals surface area (Å²) in [6.07, 6.45) is 0.764. The third-order valence-corrected chi connectivity index (χ3v) is 3.96. The molecule has 3 aromatic rings. The van der Waals surface area contributed by atoms with Gasteiger partial charge in [0.1, 0.15) is 0 Å². The Morgan fingerprint density at radius 3 is 2.38 bits per heavy atom. The molecule has 0 aliphatic carbocycles. The molecule has 0 amide bonds. The first kappa shape index (κ1) is 13.9. The Balaban J connectivity index is 1.97. The van der Waals surface area contributed by atoms with Gasteiger partial charge in [-0.05, 0) is 28.3 Å². The maximum atomic E-state index is 12.0. The third-order valence-electron chi connectivity index (χ3n) is 3.67. The Morgan fingerprint density at radius 2 is 1.57 bits per heavy atom. The number of carbonyl (C=O) groups is 1. The van der Waals surface area contributed by atoms with Crippen LogP contribution in [0.25, 0.3) is 10.8 Å². The van der Waals surface area contributed by atoms with E-state index in [-0.39, 0.29) is 11.5 Å². The number of thiol groups is 1. The summed E-state index contributed by atoms with van der Waals surface area (Å²) >= 11 is 4.10. The van der Waals surface area contributed by atoms with E-state index in [2.05, 4.69) is 43.0 Å². The summed E-state index contributed by atoms with van der Waals surface area (Å²) in [6, 6.07) is 22.6. The molecule has 3 aromatic carbocycles. The second-order valence-corrected chi connectivity index (χ2v) is 5.41. The zero-order valence-electron chi connectivity index (χ0n) is 11.6. The van der Waals surface area contributed by atoms with Crippen LogP contribution in [0.1, 0.15) is 21.5 Å². The number of hydrogen-bond donors (Lipinski definition) is 1. The van der Waals surface area contributed by atoms with E-state index in [1.165, 1.54) is 16.3 Å². The van der Waals surface area contributed by atoms with Crippen LogP contribution in [0.3, 0.4) is 0 Å². The average molecular weight is 292 g/mol. The van der Waals surface area contributed by atoms with Crippen molar-refractivity contribution in [2.45, 2.75) is 6.42 Å². The molecule has 104 valence electrons. The van der Waals surface area contributed by atoms with Crippen molar-refractivity contribution in [1.29, 1.82) is 0 Å². The van der Waals surface area contributed by atoms with Crippen molar-refractivity contribution >= 4 is 29.2 Å². The number of ketones is 1. The Bertz CT molecular complexity index is 792. The standard InChI is InChI=1S/C19H16OS/c20-19(13-21)18-8-4-3-7-17(18)12-14-9-10-15-5-1-2-6-16(15)11-14/h1-11,21H,12-13H2. The highest BCUT2D eigenvalue weighted by molar-refractivity contribution is 7.81. The van der Waals surface area contributed by atoms with Gasteiger partial charge < -0.3 is 0 Å². The van der Waals surface area contributed by atoms with Gasteiger partial charge in [0.05, 0.1) is 5.75 Å². The minimum absolute atomic E-state index is 0.0784. The molecule has 21 heavy (non-hydrogen) atoms. The van der Waals surface area contributed by atoms with Crippen molar-refractivity contribution in [2.24, 2.45) is 0 Å². The summed E-state index contributed by atoms with van der Waals surface area (Å²) in [5, 5.41) is 2.47. The van der Waals surface area contributed by atoms with Gasteiger partial charge in [0, 0.05) is 5.56 Å². The summed E-state index contributed by atoms with van der Waals surface area (Å²) in [6.45, 7) is 0. The largest absolute Gasteiger partial charge is 0.293 e. The van der Waals surface area contributed by atoms with Crippen LogP contribution in [0, 0.1) is 0 Å². The lowest BCUT2D eigenvalue weighted by molar-refractivity contribution is 0.102. The maximum Gasteiger partial charge on any atom is 0.172 e. The number of hydrogen-bond acceptors (Lipinski definition) is 2. The first-order valence-electron chi connectivity index (χ1n) is 6.97. The van der Waals surface area contributed by atoms with Gasteiger partial charge in [-0.1, -0.05) is 66.7 Å². The fourth-order valence-corrected chi connectivity index (χ4v) is 2.77. The number of benzene rings is 3. The summed E-state index contributed by atoms with van der Waals surface area (Å²) in [7, 11) is 0. The van der Waals surface area contributed by atoms with Crippen molar-refractivity contribution in [3.05, 3.63) is 83.4 Å². The Hall–Kier alpha value is -2.06. The molecule has 2 heteroatoms. The van der Waals surface area contributed by atoms with E-state index in [9.17, 15) is 4.79 Å². The van der Waals surface area contributed by atoms with Gasteiger partial charge >= 0.3 is 0 Å². The number of carbonyl (C=O) groups excluding carboxylic acids is 1. The molecular weight excluding hydrogens is 276 g/mol. The van der Waals surface area contributed by atoms with Gasteiger partial charge in [0.2, 0.25) is 0 Å². The lowest BCUT2D eigenvalue weighted by Crippen LogP contribution is -2.05. The molecule has 0 saturated carbocycles. The molecule has 0 radical (unpaired) electrons. The van der Waals surface area contributed by atoms with Crippen LogP contribution >= 0.6 is 12.6 Å². The van der Waals surface area contributed by atoms with Crippen molar-refractivity contribution in [2.75, 3.05) is 5.75 Å². The first-order valence-corrected chi connectivity index (χ1v) is 7.61. The summed E-state index contributed by atoms with van der Waals surface area (Å²) in [5.41, 5.74) is 3.06. The topological polar surface area (TPSA) is 17.1 Å². The van der Waals surface area contributed by atoms with E-state index in [1.807, 2.05) is 36.4 Å². The molecule has 0 fully saturated rings. The first-order chi connectivity index (χ1) is 10.3. The van der Waals surface area contributed by atoms with E-state index in [0.29, 0.717) is 0 Å². The Morgan fingerprint density at radius 1 is 0.857 bits per heavy atom. The minimum atomic E-state index is 0.0784. The quantitative estimate of drug-likeness (QED) is 0.552. The highest BCUT2D eigenvalue weighted by atomic mass is 32.1. The number of fused-ring (bicyclic) bond motifs is 1. The molecular formula is C19H16OS. The fraction of sp³-hybridized carbons (Fsp3) is 0.105. The second-order valence-electron chi connectivity index (χ2n) is 5.10. The second kappa shape index (κ2) is 6.15. The highest BCUT2D eigenvalue weighted by Crippen LogP contribution is 2.20. The SMILES string of the molecule is O=C(CS)c1ccccc1Cc1ccc2ccccc2c1. The molecule has 0 heterocycles. The van der Waals surface area contributed by atoms with Gasteiger partial charge in [-0.3, -0.25) is 4.79 Å². The average Bonchev–Trinajstić information content (AvgIpc) is 2.54. The zero-order valence-corrected chi connectivity index (χ0v) is 12.5. The van der Waals surface area contributed by atoms with E-state index in [0.717, 1.165) is 17.5 Å². The van der Waals surface area contributed by atoms with Crippen molar-refractivity contribution < 1.29 is 4.79 Å². The zero-order chi connectivity index (χ0) is 14.7. The predicted octanol–water partition coefficient (Wildman–Crippen LogP) is 4.54. The summed E-state index contributed by atoms with van der Waals surface area (Å²) < 4.78 is 0. The van der Waals surface area contributed by atoms with Crippen molar-refractivity contribution in [3.8, 4) is 0 Å². The van der Waals surface area contributed by atoms with Gasteiger partial charge in [-0.2, -0.15) is 12.6 Å². The summed E-state index contributed by atoms with van der Waals surface area (Å²) in [4.78, 5) is 12.0. The maximum absolute atomic E-state index is 12.0. The molecule has 0 bridgehead atoms. The molecule has 3 rings (SSSR count). The van der Waals surface area contributed by atoms with Gasteiger partial charge in [-0.15, -0.1) is 0 Å². The van der Waals surface area contributed by atoms with E-state index in [4.69, 9.17) is 0 Å². The van der Waals surface area contributed by atoms with Crippen LogP contribution in [0.15, 0.2) is 66.7 Å². The van der Waals surface area contributed by atoms with E-state index in [1.54, 1.807) is 0 Å². The molecule has 0 aromatic heterocycles. The number of rotatable bonds is 4. The minimum Gasteiger partial charge on any atom is -0.293 e. The highest BCUT2D eigenvalue weighted by Gasteiger charge is 2.09. The van der Waals surface area contributed by atoms with Crippen LogP contribution in [0.4, 0.5) is 0 Å². The van der Waals surface area contributed by atoms with E-state index >= 15 is 0 Å². The number of Topliss-reactive ketones (excluding diaryl/α,β-unsaturated/α-hetero) is 1. The van der Waals surface area contributed by atoms with Crippen LogP contribution < -0.4 is 0 Å². The monoisotopic (exact) mass is 292 g/mol. The smallest absolute Gasteiger partial charge is 0.172 e. The van der Waals surface area contributed by atoms with Gasteiger partial charge in [0.15, 0.2) is 5.78 Å². The molecule has 1 nitrogen and oxygen atoms in total. The molecule has 0 aliphatic rings. The summed E-state index contributed by atoms with van der Waals surface area (Å²) in [5.74, 6) is 0.323. The molecule has 0 N–H and O–H groups in total. The molecule has 0 saturated heterocycles.